The monoisotopic (exact) mass is 363 g/mol. The average molecular weight is 363 g/mol. The van der Waals surface area contributed by atoms with E-state index in [1.807, 2.05) is 36.5 Å². The van der Waals surface area contributed by atoms with E-state index in [4.69, 9.17) is 0 Å². The zero-order valence-corrected chi connectivity index (χ0v) is 15.6. The van der Waals surface area contributed by atoms with Crippen LogP contribution in [0.4, 0.5) is 10.5 Å². The van der Waals surface area contributed by atoms with Crippen LogP contribution in [0.3, 0.4) is 0 Å². The van der Waals surface area contributed by atoms with Gasteiger partial charge < -0.3 is 15.0 Å². The van der Waals surface area contributed by atoms with Crippen molar-refractivity contribution >= 4 is 17.4 Å². The molecule has 3 aromatic rings. The highest BCUT2D eigenvalue weighted by molar-refractivity contribution is 5.89. The number of urea groups is 1. The zero-order chi connectivity index (χ0) is 18.6. The molecule has 1 saturated heterocycles. The minimum Gasteiger partial charge on any atom is -0.335 e. The van der Waals surface area contributed by atoms with Gasteiger partial charge >= 0.3 is 6.03 Å². The Kier molecular flexibility index (Phi) is 5.07. The van der Waals surface area contributed by atoms with E-state index in [0.29, 0.717) is 0 Å². The summed E-state index contributed by atoms with van der Waals surface area (Å²) >= 11 is 0. The minimum absolute atomic E-state index is 0.128. The van der Waals surface area contributed by atoms with Crippen LogP contribution < -0.4 is 10.6 Å². The van der Waals surface area contributed by atoms with E-state index in [1.165, 1.54) is 11.3 Å². The van der Waals surface area contributed by atoms with E-state index in [9.17, 15) is 4.79 Å². The van der Waals surface area contributed by atoms with E-state index in [0.717, 1.165) is 43.8 Å². The molecule has 0 atom stereocenters. The highest BCUT2D eigenvalue weighted by Crippen LogP contribution is 2.17. The maximum atomic E-state index is 12.1. The molecule has 1 aliphatic heterocycles. The minimum atomic E-state index is -0.128. The molecule has 140 valence electrons. The molecule has 3 heterocycles. The molecule has 1 fully saturated rings. The molecule has 0 radical (unpaired) electrons. The zero-order valence-electron chi connectivity index (χ0n) is 15.6. The third-order valence-electron chi connectivity index (χ3n) is 5.15. The predicted molar refractivity (Wildman–Crippen MR) is 107 cm³/mol. The quantitative estimate of drug-likeness (QED) is 0.747. The van der Waals surface area contributed by atoms with Gasteiger partial charge in [0.2, 0.25) is 0 Å². The van der Waals surface area contributed by atoms with Crippen molar-refractivity contribution in [3.8, 4) is 0 Å². The number of hydrogen-bond donors (Lipinski definition) is 2. The molecule has 27 heavy (non-hydrogen) atoms. The van der Waals surface area contributed by atoms with Gasteiger partial charge in [0, 0.05) is 37.6 Å². The summed E-state index contributed by atoms with van der Waals surface area (Å²) in [6.45, 7) is 4.90. The smallest absolute Gasteiger partial charge is 0.319 e. The molecule has 6 nitrogen and oxygen atoms in total. The average Bonchev–Trinajstić information content (AvgIpc) is 3.08. The van der Waals surface area contributed by atoms with Crippen molar-refractivity contribution in [3.63, 3.8) is 0 Å². The number of nitrogens with one attached hydrogen (secondary N) is 2. The van der Waals surface area contributed by atoms with E-state index < -0.39 is 0 Å². The molecule has 0 bridgehead atoms. The molecule has 1 aliphatic rings. The van der Waals surface area contributed by atoms with Crippen LogP contribution in [0.25, 0.3) is 5.65 Å². The van der Waals surface area contributed by atoms with E-state index in [2.05, 4.69) is 50.2 Å². The van der Waals surface area contributed by atoms with Gasteiger partial charge in [-0.05, 0) is 43.5 Å². The molecule has 0 spiro atoms. The van der Waals surface area contributed by atoms with Gasteiger partial charge in [-0.1, -0.05) is 24.3 Å². The first-order valence-electron chi connectivity index (χ1n) is 9.45. The number of amides is 2. The summed E-state index contributed by atoms with van der Waals surface area (Å²) < 4.78 is 2.17. The van der Waals surface area contributed by atoms with Crippen molar-refractivity contribution in [2.45, 2.75) is 32.4 Å². The van der Waals surface area contributed by atoms with Gasteiger partial charge in [-0.15, -0.1) is 0 Å². The Bertz CT molecular complexity index is 913. The molecule has 2 N–H and O–H groups in total. The van der Waals surface area contributed by atoms with Crippen LogP contribution in [0.2, 0.25) is 0 Å². The number of carbonyl (C=O) groups is 1. The molecule has 0 aliphatic carbocycles. The summed E-state index contributed by atoms with van der Waals surface area (Å²) in [5.74, 6) is 0. The predicted octanol–water partition coefficient (Wildman–Crippen LogP) is 3.43. The number of aryl methyl sites for hydroxylation is 1. The molecule has 2 amide bonds. The Hall–Kier alpha value is -2.86. The second-order valence-corrected chi connectivity index (χ2v) is 7.15. The van der Waals surface area contributed by atoms with Crippen molar-refractivity contribution in [2.24, 2.45) is 0 Å². The number of pyridine rings is 1. The number of imidazole rings is 1. The second kappa shape index (κ2) is 7.80. The third kappa shape index (κ3) is 4.11. The lowest BCUT2D eigenvalue weighted by Gasteiger charge is -2.32. The molecular formula is C21H25N5O. The fraction of sp³-hybridized carbons (Fsp3) is 0.333. The molecular weight excluding hydrogens is 338 g/mol. The first kappa shape index (κ1) is 17.5. The van der Waals surface area contributed by atoms with Crippen molar-refractivity contribution < 1.29 is 4.79 Å². The van der Waals surface area contributed by atoms with E-state index in [1.54, 1.807) is 0 Å². The molecule has 1 aromatic carbocycles. The maximum Gasteiger partial charge on any atom is 0.319 e. The number of carbonyl (C=O) groups excluding carboxylic acids is 1. The number of fused-ring (bicyclic) bond motifs is 1. The number of hydrogen-bond acceptors (Lipinski definition) is 3. The number of aromatic nitrogens is 2. The normalized spacial score (nSPS) is 15.7. The van der Waals surface area contributed by atoms with Gasteiger partial charge in [0.05, 0.1) is 11.9 Å². The van der Waals surface area contributed by atoms with Gasteiger partial charge in [-0.25, -0.2) is 9.78 Å². The highest BCUT2D eigenvalue weighted by atomic mass is 16.2. The number of anilines is 1. The van der Waals surface area contributed by atoms with Crippen molar-refractivity contribution in [3.05, 3.63) is 66.1 Å². The Morgan fingerprint density at radius 1 is 1.15 bits per heavy atom. The largest absolute Gasteiger partial charge is 0.335 e. The number of benzene rings is 1. The summed E-state index contributed by atoms with van der Waals surface area (Å²) in [6, 6.07) is 13.8. The van der Waals surface area contributed by atoms with Crippen LogP contribution in [0.15, 0.2) is 54.9 Å². The summed E-state index contributed by atoms with van der Waals surface area (Å²) in [7, 11) is 0. The molecule has 0 unspecified atom stereocenters. The number of para-hydroxylation sites is 1. The van der Waals surface area contributed by atoms with Gasteiger partial charge in [-0.2, -0.15) is 0 Å². The van der Waals surface area contributed by atoms with Crippen LogP contribution in [-0.4, -0.2) is 39.4 Å². The van der Waals surface area contributed by atoms with Gasteiger partial charge in [-0.3, -0.25) is 4.90 Å². The summed E-state index contributed by atoms with van der Waals surface area (Å²) in [4.78, 5) is 19.1. The fourth-order valence-electron chi connectivity index (χ4n) is 3.66. The maximum absolute atomic E-state index is 12.1. The SMILES string of the molecule is Cc1cccn2c(CN3CCC(NC(=O)Nc4ccccc4)CC3)cnc12. The molecule has 2 aromatic heterocycles. The van der Waals surface area contributed by atoms with Crippen molar-refractivity contribution in [2.75, 3.05) is 18.4 Å². The highest BCUT2D eigenvalue weighted by Gasteiger charge is 2.21. The molecule has 4 rings (SSSR count). The van der Waals surface area contributed by atoms with Crippen LogP contribution in [0.1, 0.15) is 24.1 Å². The van der Waals surface area contributed by atoms with Gasteiger partial charge in [0.1, 0.15) is 5.65 Å². The first-order valence-corrected chi connectivity index (χ1v) is 9.45. The number of nitrogens with zero attached hydrogens (tertiary/aromatic N) is 3. The Labute approximate surface area is 159 Å². The van der Waals surface area contributed by atoms with Crippen LogP contribution in [0.5, 0.6) is 0 Å². The van der Waals surface area contributed by atoms with E-state index >= 15 is 0 Å². The topological polar surface area (TPSA) is 61.7 Å². The summed E-state index contributed by atoms with van der Waals surface area (Å²) in [6.07, 6.45) is 5.96. The molecule has 0 saturated carbocycles. The summed E-state index contributed by atoms with van der Waals surface area (Å²) in [5, 5.41) is 5.98. The third-order valence-corrected chi connectivity index (χ3v) is 5.15. The van der Waals surface area contributed by atoms with E-state index in [-0.39, 0.29) is 12.1 Å². The standard InChI is InChI=1S/C21H25N5O/c1-16-6-5-11-26-19(14-22-20(16)26)15-25-12-9-18(10-13-25)24-21(27)23-17-7-3-2-4-8-17/h2-8,11,14,18H,9-10,12-13,15H2,1H3,(H2,23,24,27). The lowest BCUT2D eigenvalue weighted by atomic mass is 10.1. The van der Waals surface area contributed by atoms with Crippen LogP contribution in [-0.2, 0) is 6.54 Å². The molecule has 6 heteroatoms. The number of rotatable bonds is 4. The van der Waals surface area contributed by atoms with Crippen LogP contribution >= 0.6 is 0 Å². The Morgan fingerprint density at radius 2 is 1.93 bits per heavy atom. The van der Waals surface area contributed by atoms with Gasteiger partial charge in [0.15, 0.2) is 0 Å². The van der Waals surface area contributed by atoms with Crippen molar-refractivity contribution in [1.82, 2.24) is 19.6 Å². The first-order chi connectivity index (χ1) is 13.2. The lowest BCUT2D eigenvalue weighted by molar-refractivity contribution is 0.188. The number of likely N-dealkylation sites (tertiary alicyclic amines) is 1. The Balaban J connectivity index is 1.28. The summed E-state index contributed by atoms with van der Waals surface area (Å²) in [5.41, 5.74) is 4.25. The number of piperidine rings is 1. The lowest BCUT2D eigenvalue weighted by Crippen LogP contribution is -2.45. The van der Waals surface area contributed by atoms with Crippen molar-refractivity contribution in [1.29, 1.82) is 0 Å². The van der Waals surface area contributed by atoms with Gasteiger partial charge in [0.25, 0.3) is 0 Å². The Morgan fingerprint density at radius 3 is 2.70 bits per heavy atom. The van der Waals surface area contributed by atoms with Crippen LogP contribution in [0, 0.1) is 6.92 Å². The fourth-order valence-corrected chi connectivity index (χ4v) is 3.66. The second-order valence-electron chi connectivity index (χ2n) is 7.15.